The van der Waals surface area contributed by atoms with E-state index in [1.807, 2.05) is 0 Å². The van der Waals surface area contributed by atoms with E-state index in [4.69, 9.17) is 0 Å². The molecule has 0 aliphatic rings. The molecule has 15 heavy (non-hydrogen) atoms. The molecule has 0 bridgehead atoms. The summed E-state index contributed by atoms with van der Waals surface area (Å²) < 4.78 is 31.3. The lowest BCUT2D eigenvalue weighted by atomic mass is 10.1. The average molecular weight is 215 g/mol. The van der Waals surface area contributed by atoms with Gasteiger partial charge in [-0.05, 0) is 7.05 Å². The van der Waals surface area contributed by atoms with E-state index in [-0.39, 0.29) is 12.3 Å². The van der Waals surface area contributed by atoms with Crippen LogP contribution in [0.4, 0.5) is 8.78 Å². The van der Waals surface area contributed by atoms with Gasteiger partial charge in [0.25, 0.3) is 0 Å². The van der Waals surface area contributed by atoms with Crippen molar-refractivity contribution in [3.05, 3.63) is 29.3 Å². The van der Waals surface area contributed by atoms with Gasteiger partial charge in [0.05, 0.1) is 19.2 Å². The first kappa shape index (κ1) is 11.6. The minimum absolute atomic E-state index is 0.0472. The summed E-state index contributed by atoms with van der Waals surface area (Å²) in [7, 11) is 2.82. The van der Waals surface area contributed by atoms with E-state index < -0.39 is 23.0 Å². The summed E-state index contributed by atoms with van der Waals surface area (Å²) in [5, 5.41) is 2.53. The number of hydrogen-bond acceptors (Lipinski definition) is 3. The summed E-state index contributed by atoms with van der Waals surface area (Å²) in [6, 6.07) is 1.96. The van der Waals surface area contributed by atoms with E-state index in [2.05, 4.69) is 10.1 Å². The van der Waals surface area contributed by atoms with E-state index in [1.165, 1.54) is 14.2 Å². The number of carbonyl (C=O) groups is 1. The molecule has 0 aromatic heterocycles. The molecule has 1 aromatic rings. The maximum Gasteiger partial charge on any atom is 0.182 e. The number of nitrogens with one attached hydrogen (secondary N) is 1. The van der Waals surface area contributed by atoms with Crippen molar-refractivity contribution >= 4 is 5.78 Å². The minimum atomic E-state index is -0.910. The first-order valence-electron chi connectivity index (χ1n) is 4.31. The molecule has 0 spiro atoms. The lowest BCUT2D eigenvalue weighted by molar-refractivity contribution is 0.0985. The van der Waals surface area contributed by atoms with Crippen molar-refractivity contribution in [1.29, 1.82) is 0 Å². The standard InChI is InChI=1S/C10H11F2NO2/c1-13-5-9(14)10-7(11)3-6(15-2)4-8(10)12/h3-4,13H,5H2,1-2H3. The molecule has 3 nitrogen and oxygen atoms in total. The van der Waals surface area contributed by atoms with Gasteiger partial charge in [0.15, 0.2) is 5.78 Å². The fourth-order valence-electron chi connectivity index (χ4n) is 1.18. The molecule has 1 N–H and O–H groups in total. The highest BCUT2D eigenvalue weighted by Crippen LogP contribution is 2.20. The number of likely N-dealkylation sites (N-methyl/N-ethyl adjacent to an activating group) is 1. The first-order chi connectivity index (χ1) is 7.10. The van der Waals surface area contributed by atoms with Crippen molar-refractivity contribution in [3.8, 4) is 5.75 Å². The number of carbonyl (C=O) groups excluding carboxylic acids is 1. The second-order valence-electron chi connectivity index (χ2n) is 2.92. The van der Waals surface area contributed by atoms with Crippen LogP contribution >= 0.6 is 0 Å². The van der Waals surface area contributed by atoms with Gasteiger partial charge in [0.1, 0.15) is 17.4 Å². The Balaban J connectivity index is 3.13. The smallest absolute Gasteiger partial charge is 0.182 e. The van der Waals surface area contributed by atoms with Crippen LogP contribution in [0.15, 0.2) is 12.1 Å². The Bertz CT molecular complexity index is 357. The zero-order chi connectivity index (χ0) is 11.4. The third kappa shape index (κ3) is 2.50. The molecule has 0 saturated heterocycles. The van der Waals surface area contributed by atoms with Gasteiger partial charge < -0.3 is 10.1 Å². The number of methoxy groups -OCH3 is 1. The Morgan fingerprint density at radius 2 is 1.93 bits per heavy atom. The van der Waals surface area contributed by atoms with Crippen LogP contribution in [0.1, 0.15) is 10.4 Å². The van der Waals surface area contributed by atoms with Crippen LogP contribution in [-0.2, 0) is 0 Å². The Labute approximate surface area is 86.0 Å². The number of Topliss-reactive ketones (excluding diaryl/α,β-unsaturated/α-hetero) is 1. The topological polar surface area (TPSA) is 38.3 Å². The van der Waals surface area contributed by atoms with Gasteiger partial charge in [-0.2, -0.15) is 0 Å². The van der Waals surface area contributed by atoms with Crippen molar-refractivity contribution in [2.75, 3.05) is 20.7 Å². The highest BCUT2D eigenvalue weighted by Gasteiger charge is 2.18. The van der Waals surface area contributed by atoms with Crippen LogP contribution in [0.2, 0.25) is 0 Å². The molecule has 0 amide bonds. The predicted molar refractivity (Wildman–Crippen MR) is 51.2 cm³/mol. The number of rotatable bonds is 4. The lowest BCUT2D eigenvalue weighted by Gasteiger charge is -2.06. The predicted octanol–water partition coefficient (Wildman–Crippen LogP) is 1.38. The van der Waals surface area contributed by atoms with Gasteiger partial charge in [-0.3, -0.25) is 4.79 Å². The maximum absolute atomic E-state index is 13.3. The number of halogens is 2. The number of benzene rings is 1. The van der Waals surface area contributed by atoms with E-state index >= 15 is 0 Å². The van der Waals surface area contributed by atoms with Crippen LogP contribution in [0.25, 0.3) is 0 Å². The van der Waals surface area contributed by atoms with Crippen molar-refractivity contribution in [1.82, 2.24) is 5.32 Å². The molecule has 0 aliphatic heterocycles. The van der Waals surface area contributed by atoms with Crippen LogP contribution in [0, 0.1) is 11.6 Å². The van der Waals surface area contributed by atoms with Gasteiger partial charge in [0, 0.05) is 12.1 Å². The molecule has 0 heterocycles. The van der Waals surface area contributed by atoms with Crippen LogP contribution in [0.5, 0.6) is 5.75 Å². The van der Waals surface area contributed by atoms with Crippen LogP contribution in [0.3, 0.4) is 0 Å². The molecule has 0 fully saturated rings. The zero-order valence-corrected chi connectivity index (χ0v) is 8.43. The molecule has 0 atom stereocenters. The second kappa shape index (κ2) is 4.84. The van der Waals surface area contributed by atoms with E-state index in [1.54, 1.807) is 0 Å². The van der Waals surface area contributed by atoms with Crippen LogP contribution in [-0.4, -0.2) is 26.5 Å². The summed E-state index contributed by atoms with van der Waals surface area (Å²) in [5.74, 6) is -2.40. The summed E-state index contributed by atoms with van der Waals surface area (Å²) in [6.07, 6.45) is 0. The fraction of sp³-hybridized carbons (Fsp3) is 0.300. The monoisotopic (exact) mass is 215 g/mol. The third-order valence-electron chi connectivity index (χ3n) is 1.87. The third-order valence-corrected chi connectivity index (χ3v) is 1.87. The summed E-state index contributed by atoms with van der Waals surface area (Å²) in [6.45, 7) is -0.111. The van der Waals surface area contributed by atoms with Gasteiger partial charge in [-0.25, -0.2) is 8.78 Å². The second-order valence-corrected chi connectivity index (χ2v) is 2.92. The molecule has 0 unspecified atom stereocenters. The Hall–Kier alpha value is -1.49. The number of ketones is 1. The molecule has 0 aliphatic carbocycles. The first-order valence-corrected chi connectivity index (χ1v) is 4.31. The van der Waals surface area contributed by atoms with Gasteiger partial charge in [-0.15, -0.1) is 0 Å². The quantitative estimate of drug-likeness (QED) is 0.771. The molecule has 82 valence electrons. The van der Waals surface area contributed by atoms with E-state index in [0.717, 1.165) is 12.1 Å². The Morgan fingerprint density at radius 3 is 2.33 bits per heavy atom. The number of ether oxygens (including phenoxy) is 1. The molecule has 5 heteroatoms. The Kier molecular flexibility index (Phi) is 3.74. The zero-order valence-electron chi connectivity index (χ0n) is 8.43. The minimum Gasteiger partial charge on any atom is -0.497 e. The van der Waals surface area contributed by atoms with Crippen molar-refractivity contribution < 1.29 is 18.3 Å². The summed E-state index contributed by atoms with van der Waals surface area (Å²) in [4.78, 5) is 11.3. The molecule has 0 radical (unpaired) electrons. The molecule has 1 rings (SSSR count). The fourth-order valence-corrected chi connectivity index (χ4v) is 1.18. The van der Waals surface area contributed by atoms with E-state index in [9.17, 15) is 13.6 Å². The van der Waals surface area contributed by atoms with Gasteiger partial charge in [0.2, 0.25) is 0 Å². The Morgan fingerprint density at radius 1 is 1.40 bits per heavy atom. The highest BCUT2D eigenvalue weighted by molar-refractivity contribution is 5.98. The van der Waals surface area contributed by atoms with Gasteiger partial charge >= 0.3 is 0 Å². The average Bonchev–Trinajstić information content (AvgIpc) is 2.16. The van der Waals surface area contributed by atoms with Crippen molar-refractivity contribution in [3.63, 3.8) is 0 Å². The molecule has 0 saturated carbocycles. The van der Waals surface area contributed by atoms with Crippen LogP contribution < -0.4 is 10.1 Å². The normalized spacial score (nSPS) is 10.1. The molecular weight excluding hydrogens is 204 g/mol. The highest BCUT2D eigenvalue weighted by atomic mass is 19.1. The summed E-state index contributed by atoms with van der Waals surface area (Å²) in [5.41, 5.74) is -0.537. The number of hydrogen-bond donors (Lipinski definition) is 1. The van der Waals surface area contributed by atoms with E-state index in [0.29, 0.717) is 0 Å². The summed E-state index contributed by atoms with van der Waals surface area (Å²) >= 11 is 0. The van der Waals surface area contributed by atoms with Crippen molar-refractivity contribution in [2.45, 2.75) is 0 Å². The van der Waals surface area contributed by atoms with Gasteiger partial charge in [-0.1, -0.05) is 0 Å². The maximum atomic E-state index is 13.3. The largest absolute Gasteiger partial charge is 0.497 e. The molecule has 1 aromatic carbocycles. The lowest BCUT2D eigenvalue weighted by Crippen LogP contribution is -2.20. The molecular formula is C10H11F2NO2. The van der Waals surface area contributed by atoms with Crippen molar-refractivity contribution in [2.24, 2.45) is 0 Å². The SMILES string of the molecule is CNCC(=O)c1c(F)cc(OC)cc1F.